The molecule has 1 aliphatic rings. The quantitative estimate of drug-likeness (QED) is 0.682. The van der Waals surface area contributed by atoms with Gasteiger partial charge in [0.2, 0.25) is 0 Å². The van der Waals surface area contributed by atoms with Crippen LogP contribution < -0.4 is 5.32 Å². The Kier molecular flexibility index (Phi) is 6.83. The minimum Gasteiger partial charge on any atom is -0.460 e. The van der Waals surface area contributed by atoms with Crippen LogP contribution in [0.25, 0.3) is 0 Å². The monoisotopic (exact) mass is 427 g/mol. The standard InChI is InChI=1S/C20H27BrFNO3/c1-12-9-13(5-8-18(24)26-20(2,3)4)10-17(12)23-19(25)15-7-6-14(21)11-16(15)22/h6-7,11-13,17H,5,8-10H2,1-4H3,(H,23,25)/t12-,13?,17-/m0/s1. The van der Waals surface area contributed by atoms with Gasteiger partial charge in [0.05, 0.1) is 5.56 Å². The summed E-state index contributed by atoms with van der Waals surface area (Å²) in [4.78, 5) is 24.2. The maximum absolute atomic E-state index is 14.0. The fourth-order valence-electron chi connectivity index (χ4n) is 3.45. The van der Waals surface area contributed by atoms with Crippen LogP contribution in [-0.2, 0) is 9.53 Å². The summed E-state index contributed by atoms with van der Waals surface area (Å²) in [5.41, 5.74) is -0.414. The molecule has 1 saturated carbocycles. The van der Waals surface area contributed by atoms with Crippen LogP contribution in [-0.4, -0.2) is 23.5 Å². The van der Waals surface area contributed by atoms with Crippen LogP contribution in [0.15, 0.2) is 22.7 Å². The molecule has 0 radical (unpaired) electrons. The van der Waals surface area contributed by atoms with Crippen LogP contribution in [0, 0.1) is 17.7 Å². The summed E-state index contributed by atoms with van der Waals surface area (Å²) in [5, 5.41) is 2.95. The highest BCUT2D eigenvalue weighted by atomic mass is 79.9. The Morgan fingerprint density at radius 3 is 2.62 bits per heavy atom. The first-order valence-electron chi connectivity index (χ1n) is 9.03. The van der Waals surface area contributed by atoms with Gasteiger partial charge in [-0.2, -0.15) is 0 Å². The number of rotatable bonds is 5. The highest BCUT2D eigenvalue weighted by Gasteiger charge is 2.33. The van der Waals surface area contributed by atoms with Crippen LogP contribution in [0.4, 0.5) is 4.39 Å². The molecule has 4 nitrogen and oxygen atoms in total. The van der Waals surface area contributed by atoms with Crippen molar-refractivity contribution in [3.8, 4) is 0 Å². The molecule has 1 fully saturated rings. The van der Waals surface area contributed by atoms with Crippen molar-refractivity contribution in [3.05, 3.63) is 34.1 Å². The van der Waals surface area contributed by atoms with Gasteiger partial charge in [-0.15, -0.1) is 0 Å². The Bertz CT molecular complexity index is 672. The Balaban J connectivity index is 1.86. The molecule has 1 unspecified atom stereocenters. The number of ether oxygens (including phenoxy) is 1. The molecule has 1 aromatic rings. The Hall–Kier alpha value is -1.43. The smallest absolute Gasteiger partial charge is 0.306 e. The molecule has 0 saturated heterocycles. The number of carbonyl (C=O) groups is 2. The van der Waals surface area contributed by atoms with E-state index in [1.165, 1.54) is 12.1 Å². The summed E-state index contributed by atoms with van der Waals surface area (Å²) in [5.74, 6) is -0.461. The molecule has 26 heavy (non-hydrogen) atoms. The Labute approximate surface area is 163 Å². The van der Waals surface area contributed by atoms with Crippen molar-refractivity contribution in [1.29, 1.82) is 0 Å². The van der Waals surface area contributed by atoms with E-state index in [1.54, 1.807) is 6.07 Å². The summed E-state index contributed by atoms with van der Waals surface area (Å²) >= 11 is 3.19. The first-order chi connectivity index (χ1) is 12.0. The molecule has 1 aromatic carbocycles. The third-order valence-electron chi connectivity index (χ3n) is 4.65. The summed E-state index contributed by atoms with van der Waals surface area (Å²) in [6.07, 6.45) is 2.87. The zero-order chi connectivity index (χ0) is 19.5. The molecule has 6 heteroatoms. The molecule has 0 aromatic heterocycles. The maximum atomic E-state index is 14.0. The van der Waals surface area contributed by atoms with E-state index in [0.29, 0.717) is 22.7 Å². The van der Waals surface area contributed by atoms with E-state index in [4.69, 9.17) is 4.74 Å². The van der Waals surface area contributed by atoms with Crippen molar-refractivity contribution < 1.29 is 18.7 Å². The largest absolute Gasteiger partial charge is 0.460 e. The minimum absolute atomic E-state index is 0.00539. The second-order valence-corrected chi connectivity index (χ2v) is 9.06. The molecule has 1 amide bonds. The molecule has 0 heterocycles. The van der Waals surface area contributed by atoms with E-state index in [1.807, 2.05) is 20.8 Å². The number of hydrogen-bond acceptors (Lipinski definition) is 3. The molecule has 144 valence electrons. The second-order valence-electron chi connectivity index (χ2n) is 8.14. The van der Waals surface area contributed by atoms with Gasteiger partial charge in [0.15, 0.2) is 0 Å². The van der Waals surface area contributed by atoms with Crippen LogP contribution in [0.5, 0.6) is 0 Å². The van der Waals surface area contributed by atoms with E-state index in [0.717, 1.165) is 19.3 Å². The lowest BCUT2D eigenvalue weighted by molar-refractivity contribution is -0.155. The topological polar surface area (TPSA) is 55.4 Å². The maximum Gasteiger partial charge on any atom is 0.306 e. The zero-order valence-electron chi connectivity index (χ0n) is 15.8. The van der Waals surface area contributed by atoms with E-state index >= 15 is 0 Å². The highest BCUT2D eigenvalue weighted by Crippen LogP contribution is 2.34. The van der Waals surface area contributed by atoms with Gasteiger partial charge in [0, 0.05) is 16.9 Å². The summed E-state index contributed by atoms with van der Waals surface area (Å²) in [6, 6.07) is 4.42. The number of nitrogens with one attached hydrogen (secondary N) is 1. The Morgan fingerprint density at radius 2 is 2.00 bits per heavy atom. The predicted octanol–water partition coefficient (Wildman–Crippen LogP) is 4.85. The van der Waals surface area contributed by atoms with Gasteiger partial charge in [-0.1, -0.05) is 22.9 Å². The molecular formula is C20H27BrFNO3. The van der Waals surface area contributed by atoms with Gasteiger partial charge < -0.3 is 10.1 Å². The SMILES string of the molecule is C[C@H]1CC(CCC(=O)OC(C)(C)C)C[C@@H]1NC(=O)c1ccc(Br)cc1F. The molecule has 1 aliphatic carbocycles. The van der Waals surface area contributed by atoms with Crippen LogP contribution in [0.1, 0.15) is 63.7 Å². The fraction of sp³-hybridized carbons (Fsp3) is 0.600. The van der Waals surface area contributed by atoms with Crippen molar-refractivity contribution in [2.75, 3.05) is 0 Å². The lowest BCUT2D eigenvalue weighted by atomic mass is 10.0. The van der Waals surface area contributed by atoms with E-state index in [9.17, 15) is 14.0 Å². The summed E-state index contributed by atoms with van der Waals surface area (Å²) < 4.78 is 19.9. The first kappa shape index (κ1) is 20.9. The van der Waals surface area contributed by atoms with Crippen molar-refractivity contribution in [3.63, 3.8) is 0 Å². The molecule has 3 atom stereocenters. The van der Waals surface area contributed by atoms with E-state index < -0.39 is 11.4 Å². The van der Waals surface area contributed by atoms with Gasteiger partial charge in [0.1, 0.15) is 11.4 Å². The van der Waals surface area contributed by atoms with Crippen LogP contribution in [0.2, 0.25) is 0 Å². The fourth-order valence-corrected chi connectivity index (χ4v) is 3.78. The first-order valence-corrected chi connectivity index (χ1v) is 9.82. The zero-order valence-corrected chi connectivity index (χ0v) is 17.4. The third kappa shape index (κ3) is 6.08. The molecule has 0 aliphatic heterocycles. The minimum atomic E-state index is -0.538. The van der Waals surface area contributed by atoms with Crippen molar-refractivity contribution in [2.24, 2.45) is 11.8 Å². The summed E-state index contributed by atoms with van der Waals surface area (Å²) in [7, 11) is 0. The van der Waals surface area contributed by atoms with Gasteiger partial charge in [0.25, 0.3) is 5.91 Å². The molecule has 0 bridgehead atoms. The number of halogens is 2. The third-order valence-corrected chi connectivity index (χ3v) is 5.14. The average Bonchev–Trinajstić information content (AvgIpc) is 2.83. The van der Waals surface area contributed by atoms with Gasteiger partial charge in [-0.25, -0.2) is 4.39 Å². The average molecular weight is 428 g/mol. The number of hydrogen-bond donors (Lipinski definition) is 1. The van der Waals surface area contributed by atoms with Crippen molar-refractivity contribution >= 4 is 27.8 Å². The summed E-state index contributed by atoms with van der Waals surface area (Å²) in [6.45, 7) is 7.65. The number of benzene rings is 1. The number of esters is 1. The van der Waals surface area contributed by atoms with Gasteiger partial charge >= 0.3 is 5.97 Å². The van der Waals surface area contributed by atoms with Crippen molar-refractivity contribution in [1.82, 2.24) is 5.32 Å². The lowest BCUT2D eigenvalue weighted by Gasteiger charge is -2.20. The molecular weight excluding hydrogens is 401 g/mol. The molecule has 0 spiro atoms. The second kappa shape index (κ2) is 8.51. The van der Waals surface area contributed by atoms with E-state index in [-0.39, 0.29) is 23.5 Å². The molecule has 2 rings (SSSR count). The number of carbonyl (C=O) groups excluding carboxylic acids is 2. The van der Waals surface area contributed by atoms with Gasteiger partial charge in [-0.05, 0) is 70.1 Å². The molecule has 1 N–H and O–H groups in total. The highest BCUT2D eigenvalue weighted by molar-refractivity contribution is 9.10. The lowest BCUT2D eigenvalue weighted by Crippen LogP contribution is -2.37. The van der Waals surface area contributed by atoms with Gasteiger partial charge in [-0.3, -0.25) is 9.59 Å². The van der Waals surface area contributed by atoms with Crippen LogP contribution >= 0.6 is 15.9 Å². The van der Waals surface area contributed by atoms with E-state index in [2.05, 4.69) is 28.2 Å². The predicted molar refractivity (Wildman–Crippen MR) is 102 cm³/mol. The number of amides is 1. The van der Waals surface area contributed by atoms with Crippen molar-refractivity contribution in [2.45, 2.75) is 65.0 Å². The Morgan fingerprint density at radius 1 is 1.31 bits per heavy atom. The normalized spacial score (nSPS) is 22.9. The van der Waals surface area contributed by atoms with Crippen LogP contribution in [0.3, 0.4) is 0 Å².